The molecule has 0 saturated carbocycles. The Kier molecular flexibility index (Phi) is 14.9. The van der Waals surface area contributed by atoms with Crippen molar-refractivity contribution in [2.24, 2.45) is 11.1 Å². The fraction of sp³-hybridized carbons (Fsp3) is 0.429. The van der Waals surface area contributed by atoms with Gasteiger partial charge in [-0.05, 0) is 41.7 Å². The van der Waals surface area contributed by atoms with Gasteiger partial charge in [0.05, 0.1) is 17.4 Å². The van der Waals surface area contributed by atoms with Crippen molar-refractivity contribution >= 4 is 39.6 Å². The smallest absolute Gasteiger partial charge is 0.248 e. The minimum Gasteiger partial charge on any atom is -0.387 e. The molecule has 2 atom stereocenters. The van der Waals surface area contributed by atoms with Crippen LogP contribution in [0.5, 0.6) is 0 Å². The molecule has 49 heavy (non-hydrogen) atoms. The van der Waals surface area contributed by atoms with Crippen molar-refractivity contribution in [3.05, 3.63) is 83.7 Å². The Morgan fingerprint density at radius 1 is 0.959 bits per heavy atom. The van der Waals surface area contributed by atoms with Gasteiger partial charge in [0.15, 0.2) is 0 Å². The lowest BCUT2D eigenvalue weighted by Gasteiger charge is -2.41. The zero-order chi connectivity index (χ0) is 36.1. The van der Waals surface area contributed by atoms with Crippen LogP contribution in [0.25, 0.3) is 11.1 Å². The molecule has 3 aromatic rings. The number of aromatic nitrogens is 1. The first-order valence-corrected chi connectivity index (χ1v) is 17.1. The molecule has 266 valence electrons. The summed E-state index contributed by atoms with van der Waals surface area (Å²) in [6.45, 7) is 5.86. The number of nitrogens with one attached hydrogen (secondary N) is 3. The van der Waals surface area contributed by atoms with Gasteiger partial charge in [0, 0.05) is 62.2 Å². The molecule has 0 fully saturated rings. The third-order valence-corrected chi connectivity index (χ3v) is 8.30. The highest BCUT2D eigenvalue weighted by molar-refractivity contribution is 9.09. The predicted octanol–water partition coefficient (Wildman–Crippen LogP) is 3.24. The Morgan fingerprint density at radius 2 is 1.63 bits per heavy atom. The Balaban J connectivity index is 1.81. The third kappa shape index (κ3) is 11.8. The monoisotopic (exact) mass is 746 g/mol. The summed E-state index contributed by atoms with van der Waals surface area (Å²) >= 11 is 3.03. The van der Waals surface area contributed by atoms with Crippen molar-refractivity contribution in [3.63, 3.8) is 0 Å². The zero-order valence-electron chi connectivity index (χ0n) is 28.0. The number of benzene rings is 2. The summed E-state index contributed by atoms with van der Waals surface area (Å²) in [5, 5.41) is 18.1. The van der Waals surface area contributed by atoms with Gasteiger partial charge >= 0.3 is 0 Å². The van der Waals surface area contributed by atoms with Gasteiger partial charge in [-0.2, -0.15) is 0 Å². The highest BCUT2D eigenvalue weighted by atomic mass is 79.9. The number of aliphatic hydroxyl groups is 1. The van der Waals surface area contributed by atoms with E-state index in [0.717, 1.165) is 23.8 Å². The van der Waals surface area contributed by atoms with Crippen LogP contribution in [0, 0.1) is 17.0 Å². The third-order valence-electron chi connectivity index (χ3n) is 7.79. The summed E-state index contributed by atoms with van der Waals surface area (Å²) in [4.78, 5) is 51.0. The number of carbonyl (C=O) groups excluding carboxylic acids is 4. The van der Waals surface area contributed by atoms with Gasteiger partial charge in [0.1, 0.15) is 18.2 Å². The number of hydrogen-bond acceptors (Lipinski definition) is 6. The quantitative estimate of drug-likeness (QED) is 0.105. The Bertz CT molecular complexity index is 1580. The normalized spacial score (nSPS) is 12.6. The van der Waals surface area contributed by atoms with E-state index in [9.17, 15) is 33.1 Å². The average molecular weight is 748 g/mol. The molecular formula is C35H45BrF2N6O5. The van der Waals surface area contributed by atoms with E-state index in [4.69, 9.17) is 5.73 Å². The summed E-state index contributed by atoms with van der Waals surface area (Å²) in [7, 11) is 0. The lowest BCUT2D eigenvalue weighted by molar-refractivity contribution is -0.140. The van der Waals surface area contributed by atoms with Crippen LogP contribution in [-0.4, -0.2) is 82.4 Å². The van der Waals surface area contributed by atoms with Crippen LogP contribution in [0.3, 0.4) is 0 Å². The zero-order valence-corrected chi connectivity index (χ0v) is 29.6. The van der Waals surface area contributed by atoms with Crippen LogP contribution in [0.15, 0.2) is 60.8 Å². The summed E-state index contributed by atoms with van der Waals surface area (Å²) in [6.07, 6.45) is 1.75. The number of carbonyl (C=O) groups is 4. The van der Waals surface area contributed by atoms with Crippen molar-refractivity contribution in [3.8, 4) is 11.1 Å². The van der Waals surface area contributed by atoms with Crippen molar-refractivity contribution in [1.29, 1.82) is 0 Å². The van der Waals surface area contributed by atoms with E-state index in [0.29, 0.717) is 17.8 Å². The SMILES string of the molecule is CC(C)(C)[C@H](c1cc(-c2cc(F)ccc2F)cn1Cc1ccccc1)N(CC[C@H](N)C(=O)NCCC(=O)NCCNC(=O)CBr)C(=O)CO. The van der Waals surface area contributed by atoms with E-state index in [2.05, 4.69) is 31.9 Å². The first-order chi connectivity index (χ1) is 23.2. The van der Waals surface area contributed by atoms with E-state index >= 15 is 0 Å². The number of halogens is 3. The number of nitrogens with two attached hydrogens (primary N) is 1. The minimum absolute atomic E-state index is 0.00127. The number of hydrogen-bond donors (Lipinski definition) is 5. The molecule has 0 bridgehead atoms. The van der Waals surface area contributed by atoms with Crippen molar-refractivity contribution in [2.45, 2.75) is 52.2 Å². The van der Waals surface area contributed by atoms with Crippen molar-refractivity contribution < 1.29 is 33.1 Å². The summed E-state index contributed by atoms with van der Waals surface area (Å²) in [5.41, 5.74) is 7.62. The Hall–Kier alpha value is -4.14. The fourth-order valence-electron chi connectivity index (χ4n) is 5.48. The van der Waals surface area contributed by atoms with Gasteiger partial charge in [-0.1, -0.05) is 67.0 Å². The fourth-order valence-corrected chi connectivity index (χ4v) is 5.68. The van der Waals surface area contributed by atoms with Crippen LogP contribution in [0.4, 0.5) is 8.78 Å². The molecule has 0 saturated heterocycles. The van der Waals surface area contributed by atoms with Crippen LogP contribution in [-0.2, 0) is 25.7 Å². The molecule has 2 aromatic carbocycles. The molecule has 11 nitrogen and oxygen atoms in total. The minimum atomic E-state index is -1.04. The van der Waals surface area contributed by atoms with Crippen LogP contribution in [0.1, 0.15) is 50.9 Å². The summed E-state index contributed by atoms with van der Waals surface area (Å²) in [5.74, 6) is -2.82. The number of alkyl halides is 1. The highest BCUT2D eigenvalue weighted by Gasteiger charge is 2.37. The van der Waals surface area contributed by atoms with Gasteiger partial charge < -0.3 is 36.3 Å². The molecule has 4 amide bonds. The molecule has 0 aliphatic heterocycles. The molecule has 0 spiro atoms. The molecular weight excluding hydrogens is 702 g/mol. The number of aliphatic hydroxyl groups excluding tert-OH is 1. The second-order valence-electron chi connectivity index (χ2n) is 12.7. The Morgan fingerprint density at radius 3 is 2.27 bits per heavy atom. The lowest BCUT2D eigenvalue weighted by Crippen LogP contribution is -2.48. The Labute approximate surface area is 293 Å². The average Bonchev–Trinajstić information content (AvgIpc) is 3.47. The van der Waals surface area contributed by atoms with Crippen LogP contribution in [0.2, 0.25) is 0 Å². The van der Waals surface area contributed by atoms with Gasteiger partial charge in [-0.3, -0.25) is 19.2 Å². The summed E-state index contributed by atoms with van der Waals surface area (Å²) < 4.78 is 31.1. The van der Waals surface area contributed by atoms with E-state index < -0.39 is 47.6 Å². The van der Waals surface area contributed by atoms with Gasteiger partial charge in [-0.25, -0.2) is 8.78 Å². The number of amides is 4. The summed E-state index contributed by atoms with van der Waals surface area (Å²) in [6, 6.07) is 12.8. The maximum absolute atomic E-state index is 15.0. The van der Waals surface area contributed by atoms with Gasteiger partial charge in [0.2, 0.25) is 23.6 Å². The molecule has 3 rings (SSSR count). The predicted molar refractivity (Wildman–Crippen MR) is 186 cm³/mol. The molecule has 1 heterocycles. The van der Waals surface area contributed by atoms with Gasteiger partial charge in [0.25, 0.3) is 0 Å². The standard InChI is InChI=1S/C35H45BrF2N6O5/c1-35(2,3)33(29-17-24(26-18-25(37)9-10-27(26)38)21-43(29)20-23-7-5-4-6-8-23)44(32(48)22-45)16-12-28(39)34(49)42-13-11-30(46)40-14-15-41-31(47)19-36/h4-10,17-18,21,28,33,45H,11-16,19-20,22,39H2,1-3H3,(H,40,46)(H,41,47)(H,42,49)/t28-,33-/m0/s1. The van der Waals surface area contributed by atoms with E-state index in [1.54, 1.807) is 12.3 Å². The highest BCUT2D eigenvalue weighted by Crippen LogP contribution is 2.41. The largest absolute Gasteiger partial charge is 0.387 e. The topological polar surface area (TPSA) is 159 Å². The van der Waals surface area contributed by atoms with Crippen LogP contribution >= 0.6 is 15.9 Å². The first kappa shape index (κ1) is 39.3. The van der Waals surface area contributed by atoms with Crippen molar-refractivity contribution in [2.75, 3.05) is 38.1 Å². The van der Waals surface area contributed by atoms with E-state index in [-0.39, 0.29) is 61.7 Å². The second-order valence-corrected chi connectivity index (χ2v) is 13.2. The van der Waals surface area contributed by atoms with E-state index in [1.165, 1.54) is 4.90 Å². The molecule has 0 radical (unpaired) electrons. The number of rotatable bonds is 17. The van der Waals surface area contributed by atoms with Crippen LogP contribution < -0.4 is 21.7 Å². The molecule has 1 aromatic heterocycles. The second kappa shape index (κ2) is 18.6. The number of nitrogens with zero attached hydrogens (tertiary/aromatic N) is 2. The lowest BCUT2D eigenvalue weighted by atomic mass is 9.82. The molecule has 0 aliphatic rings. The molecule has 0 aliphatic carbocycles. The van der Waals surface area contributed by atoms with E-state index in [1.807, 2.05) is 55.7 Å². The maximum Gasteiger partial charge on any atom is 0.248 e. The molecule has 14 heteroatoms. The molecule has 6 N–H and O–H groups in total. The van der Waals surface area contributed by atoms with Gasteiger partial charge in [-0.15, -0.1) is 0 Å². The molecule has 0 unspecified atom stereocenters. The van der Waals surface area contributed by atoms with Crippen molar-refractivity contribution in [1.82, 2.24) is 25.4 Å². The maximum atomic E-state index is 15.0. The first-order valence-electron chi connectivity index (χ1n) is 16.0.